The van der Waals surface area contributed by atoms with Gasteiger partial charge in [0.25, 0.3) is 0 Å². The fraction of sp³-hybridized carbons (Fsp3) is 0.667. The van der Waals surface area contributed by atoms with Crippen molar-refractivity contribution in [2.45, 2.75) is 58.4 Å². The van der Waals surface area contributed by atoms with Crippen LogP contribution in [0, 0.1) is 5.92 Å². The van der Waals surface area contributed by atoms with Crippen LogP contribution in [-0.4, -0.2) is 32.9 Å². The third-order valence-corrected chi connectivity index (χ3v) is 5.06. The van der Waals surface area contributed by atoms with Gasteiger partial charge in [-0.05, 0) is 31.8 Å². The summed E-state index contributed by atoms with van der Waals surface area (Å²) in [6.07, 6.45) is 13.6. The van der Waals surface area contributed by atoms with E-state index in [4.69, 9.17) is 5.73 Å². The number of nitrogens with one attached hydrogen (secondary N) is 1. The van der Waals surface area contributed by atoms with E-state index in [1.165, 1.54) is 69.9 Å². The Morgan fingerprint density at radius 2 is 1.87 bits per heavy atom. The smallest absolute Gasteiger partial charge is 0.151 e. The molecule has 0 atom stereocenters. The van der Waals surface area contributed by atoms with Gasteiger partial charge < -0.3 is 10.7 Å². The minimum absolute atomic E-state index is 0.526. The van der Waals surface area contributed by atoms with E-state index in [0.717, 1.165) is 23.5 Å². The highest BCUT2D eigenvalue weighted by molar-refractivity contribution is 5.86. The van der Waals surface area contributed by atoms with Gasteiger partial charge in [0.1, 0.15) is 11.8 Å². The van der Waals surface area contributed by atoms with E-state index in [-0.39, 0.29) is 0 Å². The normalized spacial score (nSPS) is 19.7. The number of hydrogen-bond donors (Lipinski definition) is 2. The van der Waals surface area contributed by atoms with Crippen molar-refractivity contribution in [2.24, 2.45) is 5.92 Å². The molecule has 1 saturated carbocycles. The molecule has 5 nitrogen and oxygen atoms in total. The topological polar surface area (TPSA) is 70.8 Å². The maximum atomic E-state index is 5.78. The molecule has 1 aliphatic carbocycles. The van der Waals surface area contributed by atoms with Crippen molar-refractivity contribution >= 4 is 16.9 Å². The molecule has 2 aromatic rings. The summed E-state index contributed by atoms with van der Waals surface area (Å²) in [4.78, 5) is 13.9. The zero-order chi connectivity index (χ0) is 16.1. The Hall–Kier alpha value is -1.62. The first kappa shape index (κ1) is 16.2. The summed E-state index contributed by atoms with van der Waals surface area (Å²) in [5.74, 6) is 1.56. The Morgan fingerprint density at radius 3 is 2.52 bits per heavy atom. The quantitative estimate of drug-likeness (QED) is 0.886. The van der Waals surface area contributed by atoms with Gasteiger partial charge in [-0.15, -0.1) is 0 Å². The van der Waals surface area contributed by atoms with Crippen LogP contribution in [0.2, 0.25) is 0 Å². The van der Waals surface area contributed by atoms with E-state index >= 15 is 0 Å². The average Bonchev–Trinajstić information content (AvgIpc) is 3.21. The molecule has 0 unspecified atom stereocenters. The number of fused-ring (bicyclic) bond motifs is 1. The monoisotopic (exact) mass is 315 g/mol. The number of nitrogen functional groups attached to an aromatic ring is 1. The van der Waals surface area contributed by atoms with Crippen LogP contribution in [0.1, 0.15) is 57.4 Å². The molecule has 0 radical (unpaired) electrons. The highest BCUT2D eigenvalue weighted by Gasteiger charge is 2.15. The summed E-state index contributed by atoms with van der Waals surface area (Å²) >= 11 is 0. The number of aromatic nitrogens is 3. The standard InChI is InChI=1S/C11H15N5.C7H14/c12-11-10-9(14-7-15-11)8(5-13-10)6-16-3-1-2-4-16;1-7-5-3-2-4-6-7/h5,7,13H,1-4,6H2,(H2,12,14,15);7H,2-6H2,1H3. The Bertz CT molecular complexity index is 609. The molecule has 1 aliphatic heterocycles. The lowest BCUT2D eigenvalue weighted by molar-refractivity contribution is 0.332. The van der Waals surface area contributed by atoms with Crippen molar-refractivity contribution in [3.05, 3.63) is 18.1 Å². The molecule has 2 fully saturated rings. The number of H-pyrrole nitrogens is 1. The van der Waals surface area contributed by atoms with E-state index < -0.39 is 0 Å². The van der Waals surface area contributed by atoms with Crippen molar-refractivity contribution in [1.82, 2.24) is 19.9 Å². The van der Waals surface area contributed by atoms with E-state index in [1.807, 2.05) is 6.20 Å². The molecule has 2 aromatic heterocycles. The molecule has 0 amide bonds. The molecule has 0 spiro atoms. The van der Waals surface area contributed by atoms with E-state index in [2.05, 4.69) is 26.8 Å². The minimum atomic E-state index is 0.526. The molecule has 0 bridgehead atoms. The first-order chi connectivity index (χ1) is 11.2. The lowest BCUT2D eigenvalue weighted by Crippen LogP contribution is -2.18. The van der Waals surface area contributed by atoms with E-state index in [0.29, 0.717) is 5.82 Å². The Labute approximate surface area is 138 Å². The summed E-state index contributed by atoms with van der Waals surface area (Å²) in [7, 11) is 0. The van der Waals surface area contributed by atoms with Crippen LogP contribution in [0.15, 0.2) is 12.5 Å². The van der Waals surface area contributed by atoms with Crippen LogP contribution in [0.5, 0.6) is 0 Å². The van der Waals surface area contributed by atoms with Gasteiger partial charge >= 0.3 is 0 Å². The zero-order valence-corrected chi connectivity index (χ0v) is 14.2. The number of nitrogens with two attached hydrogens (primary N) is 1. The van der Waals surface area contributed by atoms with Gasteiger partial charge in [0.2, 0.25) is 0 Å². The van der Waals surface area contributed by atoms with Crippen molar-refractivity contribution in [3.8, 4) is 0 Å². The number of nitrogens with zero attached hydrogens (tertiary/aromatic N) is 3. The predicted molar refractivity (Wildman–Crippen MR) is 95.1 cm³/mol. The largest absolute Gasteiger partial charge is 0.382 e. The maximum absolute atomic E-state index is 5.78. The Morgan fingerprint density at radius 1 is 1.13 bits per heavy atom. The van der Waals surface area contributed by atoms with Crippen molar-refractivity contribution in [2.75, 3.05) is 18.8 Å². The molecule has 0 aromatic carbocycles. The third-order valence-electron chi connectivity index (χ3n) is 5.06. The molecule has 5 heteroatoms. The summed E-state index contributed by atoms with van der Waals surface area (Å²) in [5, 5.41) is 0. The van der Waals surface area contributed by atoms with Gasteiger partial charge in [-0.25, -0.2) is 9.97 Å². The molecule has 3 N–H and O–H groups in total. The predicted octanol–water partition coefficient (Wildman–Crippen LogP) is 3.72. The molecule has 23 heavy (non-hydrogen) atoms. The number of likely N-dealkylation sites (tertiary alicyclic amines) is 1. The molecule has 2 aliphatic rings. The first-order valence-corrected chi connectivity index (χ1v) is 9.03. The summed E-state index contributed by atoms with van der Waals surface area (Å²) < 4.78 is 0. The van der Waals surface area contributed by atoms with Crippen molar-refractivity contribution in [3.63, 3.8) is 0 Å². The average molecular weight is 315 g/mol. The molecular formula is C18H29N5. The lowest BCUT2D eigenvalue weighted by atomic mass is 9.91. The molecule has 4 rings (SSSR count). The van der Waals surface area contributed by atoms with Gasteiger partial charge in [-0.3, -0.25) is 4.90 Å². The van der Waals surface area contributed by atoms with Crippen LogP contribution in [0.25, 0.3) is 11.0 Å². The minimum Gasteiger partial charge on any atom is -0.382 e. The van der Waals surface area contributed by atoms with Gasteiger partial charge in [0.05, 0.1) is 5.52 Å². The van der Waals surface area contributed by atoms with Crippen LogP contribution >= 0.6 is 0 Å². The zero-order valence-electron chi connectivity index (χ0n) is 14.2. The van der Waals surface area contributed by atoms with E-state index in [9.17, 15) is 0 Å². The van der Waals surface area contributed by atoms with Crippen molar-refractivity contribution < 1.29 is 0 Å². The summed E-state index contributed by atoms with van der Waals surface area (Å²) in [6, 6.07) is 0. The van der Waals surface area contributed by atoms with Crippen LogP contribution in [0.4, 0.5) is 5.82 Å². The van der Waals surface area contributed by atoms with Crippen LogP contribution in [0.3, 0.4) is 0 Å². The van der Waals surface area contributed by atoms with Gasteiger partial charge in [0.15, 0.2) is 5.82 Å². The van der Waals surface area contributed by atoms with E-state index in [1.54, 1.807) is 0 Å². The Balaban J connectivity index is 0.000000188. The van der Waals surface area contributed by atoms with Crippen LogP contribution < -0.4 is 5.73 Å². The van der Waals surface area contributed by atoms with Crippen molar-refractivity contribution in [1.29, 1.82) is 0 Å². The maximum Gasteiger partial charge on any atom is 0.151 e. The number of anilines is 1. The molecule has 126 valence electrons. The first-order valence-electron chi connectivity index (χ1n) is 9.03. The number of aromatic amines is 1. The Kier molecular flexibility index (Phi) is 5.49. The highest BCUT2D eigenvalue weighted by Crippen LogP contribution is 2.22. The van der Waals surface area contributed by atoms with Crippen LogP contribution in [-0.2, 0) is 6.54 Å². The lowest BCUT2D eigenvalue weighted by Gasteiger charge is -2.15. The molecular weight excluding hydrogens is 286 g/mol. The fourth-order valence-electron chi connectivity index (χ4n) is 3.62. The SMILES string of the molecule is CC1CCCCC1.Nc1ncnc2c(CN3CCCC3)c[nH]c12. The van der Waals surface area contributed by atoms with Gasteiger partial charge in [-0.1, -0.05) is 39.0 Å². The number of hydrogen-bond acceptors (Lipinski definition) is 4. The molecule has 1 saturated heterocycles. The fourth-order valence-corrected chi connectivity index (χ4v) is 3.62. The highest BCUT2D eigenvalue weighted by atomic mass is 15.1. The second-order valence-electron chi connectivity index (χ2n) is 7.02. The second kappa shape index (κ2) is 7.77. The summed E-state index contributed by atoms with van der Waals surface area (Å²) in [5.41, 5.74) is 8.81. The number of rotatable bonds is 2. The third kappa shape index (κ3) is 4.22. The van der Waals surface area contributed by atoms with Gasteiger partial charge in [0, 0.05) is 18.3 Å². The van der Waals surface area contributed by atoms with Gasteiger partial charge in [-0.2, -0.15) is 0 Å². The summed E-state index contributed by atoms with van der Waals surface area (Å²) in [6.45, 7) is 5.69. The second-order valence-corrected chi connectivity index (χ2v) is 7.02. The molecule has 3 heterocycles.